The first-order valence-corrected chi connectivity index (χ1v) is 6.64. The number of nitrogens with zero attached hydrogens (tertiary/aromatic N) is 3. The molecule has 0 radical (unpaired) electrons. The van der Waals surface area contributed by atoms with E-state index in [2.05, 4.69) is 5.43 Å². The fourth-order valence-electron chi connectivity index (χ4n) is 2.12. The topological polar surface area (TPSA) is 95.6 Å². The zero-order chi connectivity index (χ0) is 16.4. The van der Waals surface area contributed by atoms with Gasteiger partial charge < -0.3 is 0 Å². The smallest absolute Gasteiger partial charge is 0.258 e. The molecule has 1 aliphatic rings. The standard InChI is InChI=1S/C15H10N4O4/c20-14-16-17(10-11-4-2-1-3-5-11)15(21)18(14)12-6-8-13(9-7-12)19(22)23/h1-10H/p+1/b17-10-. The first-order chi connectivity index (χ1) is 11.1. The van der Waals surface area contributed by atoms with Gasteiger partial charge in [-0.2, -0.15) is 4.79 Å². The molecule has 0 spiro atoms. The van der Waals surface area contributed by atoms with E-state index in [1.54, 1.807) is 12.1 Å². The quantitative estimate of drug-likeness (QED) is 0.534. The van der Waals surface area contributed by atoms with E-state index in [1.165, 1.54) is 30.5 Å². The molecule has 114 valence electrons. The normalized spacial score (nSPS) is 15.8. The van der Waals surface area contributed by atoms with Gasteiger partial charge in [0.25, 0.3) is 5.69 Å². The van der Waals surface area contributed by atoms with Crippen LogP contribution in [0.1, 0.15) is 5.56 Å². The minimum absolute atomic E-state index is 0.117. The molecule has 0 aliphatic carbocycles. The number of imide groups is 1. The molecular weight excluding hydrogens is 300 g/mol. The van der Waals surface area contributed by atoms with Gasteiger partial charge in [0, 0.05) is 17.7 Å². The number of nitrogens with one attached hydrogen (secondary N) is 1. The van der Waals surface area contributed by atoms with Crippen molar-refractivity contribution in [3.8, 4) is 0 Å². The Kier molecular flexibility index (Phi) is 3.55. The van der Waals surface area contributed by atoms with E-state index < -0.39 is 17.0 Å². The molecule has 8 nitrogen and oxygen atoms in total. The molecule has 23 heavy (non-hydrogen) atoms. The number of non-ortho nitro benzene ring substituents is 1. The Morgan fingerprint density at radius 2 is 1.70 bits per heavy atom. The first kappa shape index (κ1) is 14.4. The third-order valence-electron chi connectivity index (χ3n) is 3.21. The Bertz CT molecular complexity index is 815. The summed E-state index contributed by atoms with van der Waals surface area (Å²) >= 11 is 0. The highest BCUT2D eigenvalue weighted by Gasteiger charge is 2.44. The SMILES string of the molecule is O=C1N/[N+](=C\c2ccccc2)C(=O)N1c1ccc([N+](=O)[O-])cc1. The Labute approximate surface area is 130 Å². The molecule has 4 amide bonds. The van der Waals surface area contributed by atoms with Crippen molar-refractivity contribution in [2.75, 3.05) is 4.90 Å². The molecule has 8 heteroatoms. The summed E-state index contributed by atoms with van der Waals surface area (Å²) in [4.78, 5) is 35.4. The van der Waals surface area contributed by atoms with Crippen LogP contribution in [-0.4, -0.2) is 27.9 Å². The molecule has 1 N–H and O–H groups in total. The van der Waals surface area contributed by atoms with Crippen molar-refractivity contribution >= 4 is 29.7 Å². The third-order valence-corrected chi connectivity index (χ3v) is 3.21. The second kappa shape index (κ2) is 5.68. The average Bonchev–Trinajstić information content (AvgIpc) is 2.82. The van der Waals surface area contributed by atoms with Gasteiger partial charge in [-0.1, -0.05) is 35.0 Å². The van der Waals surface area contributed by atoms with Crippen LogP contribution in [0.2, 0.25) is 0 Å². The maximum atomic E-state index is 12.3. The Morgan fingerprint density at radius 3 is 2.30 bits per heavy atom. The number of hydrogen-bond acceptors (Lipinski definition) is 4. The number of nitro benzene ring substituents is 1. The minimum atomic E-state index is -0.629. The highest BCUT2D eigenvalue weighted by atomic mass is 16.6. The number of anilines is 1. The predicted molar refractivity (Wildman–Crippen MR) is 81.4 cm³/mol. The van der Waals surface area contributed by atoms with Gasteiger partial charge in [-0.05, 0) is 12.1 Å². The van der Waals surface area contributed by atoms with Crippen molar-refractivity contribution in [2.24, 2.45) is 0 Å². The fraction of sp³-hybridized carbons (Fsp3) is 0. The lowest BCUT2D eigenvalue weighted by atomic mass is 10.2. The molecule has 0 unspecified atom stereocenters. The molecule has 0 saturated carbocycles. The molecule has 1 aliphatic heterocycles. The first-order valence-electron chi connectivity index (χ1n) is 6.64. The molecule has 1 heterocycles. The molecule has 2 aromatic rings. The van der Waals surface area contributed by atoms with Gasteiger partial charge in [-0.3, -0.25) is 10.1 Å². The number of nitro groups is 1. The number of carbonyl (C=O) groups excluding carboxylic acids is 2. The van der Waals surface area contributed by atoms with E-state index >= 15 is 0 Å². The second-order valence-corrected chi connectivity index (χ2v) is 4.72. The number of urea groups is 2. The van der Waals surface area contributed by atoms with Gasteiger partial charge in [-0.15, -0.1) is 10.3 Å². The Balaban J connectivity index is 1.90. The number of hydrazine groups is 1. The number of hydrogen-bond donors (Lipinski definition) is 1. The van der Waals surface area contributed by atoms with E-state index in [4.69, 9.17) is 0 Å². The Morgan fingerprint density at radius 1 is 1.04 bits per heavy atom. The van der Waals surface area contributed by atoms with Crippen LogP contribution in [0.15, 0.2) is 54.6 Å². The fourth-order valence-corrected chi connectivity index (χ4v) is 2.12. The van der Waals surface area contributed by atoms with E-state index in [-0.39, 0.29) is 11.4 Å². The lowest BCUT2D eigenvalue weighted by Gasteiger charge is -2.01. The van der Waals surface area contributed by atoms with Crippen molar-refractivity contribution in [1.29, 1.82) is 0 Å². The number of benzene rings is 2. The van der Waals surface area contributed by atoms with Gasteiger partial charge in [0.2, 0.25) is 0 Å². The largest absolute Gasteiger partial charge is 0.531 e. The summed E-state index contributed by atoms with van der Waals surface area (Å²) in [6, 6.07) is 13.0. The third kappa shape index (κ3) is 2.77. The lowest BCUT2D eigenvalue weighted by molar-refractivity contribution is -0.458. The summed E-state index contributed by atoms with van der Waals surface area (Å²) in [5, 5.41) is 10.6. The molecule has 0 aromatic heterocycles. The highest BCUT2D eigenvalue weighted by Crippen LogP contribution is 2.21. The van der Waals surface area contributed by atoms with E-state index in [9.17, 15) is 19.7 Å². The maximum absolute atomic E-state index is 12.3. The zero-order valence-corrected chi connectivity index (χ0v) is 11.7. The van der Waals surface area contributed by atoms with Crippen LogP contribution < -0.4 is 10.3 Å². The summed E-state index contributed by atoms with van der Waals surface area (Å²) in [7, 11) is 0. The van der Waals surface area contributed by atoms with E-state index in [1.807, 2.05) is 18.2 Å². The molecular formula is C15H11N4O4+. The second-order valence-electron chi connectivity index (χ2n) is 4.72. The molecule has 3 rings (SSSR count). The van der Waals surface area contributed by atoms with Crippen LogP contribution in [0.4, 0.5) is 21.0 Å². The van der Waals surface area contributed by atoms with Crippen molar-refractivity contribution < 1.29 is 19.2 Å². The van der Waals surface area contributed by atoms with Crippen molar-refractivity contribution in [2.45, 2.75) is 0 Å². The molecule has 1 fully saturated rings. The maximum Gasteiger partial charge on any atom is 0.531 e. The summed E-state index contributed by atoms with van der Waals surface area (Å²) in [5.74, 6) is 0. The lowest BCUT2D eigenvalue weighted by Crippen LogP contribution is -2.29. The van der Waals surface area contributed by atoms with Crippen molar-refractivity contribution in [3.63, 3.8) is 0 Å². The number of hydrazone groups is 1. The van der Waals surface area contributed by atoms with Crippen LogP contribution in [0.25, 0.3) is 0 Å². The van der Waals surface area contributed by atoms with E-state index in [0.717, 1.165) is 15.1 Å². The number of amides is 4. The molecule has 1 saturated heterocycles. The van der Waals surface area contributed by atoms with Crippen molar-refractivity contribution in [3.05, 3.63) is 70.3 Å². The number of rotatable bonds is 3. The van der Waals surface area contributed by atoms with Crippen LogP contribution in [-0.2, 0) is 0 Å². The van der Waals surface area contributed by atoms with Gasteiger partial charge in [-0.25, -0.2) is 4.79 Å². The van der Waals surface area contributed by atoms with Crippen LogP contribution in [0, 0.1) is 10.1 Å². The Hall–Kier alpha value is -3.55. The molecule has 0 bridgehead atoms. The summed E-state index contributed by atoms with van der Waals surface area (Å²) in [6.45, 7) is 0. The predicted octanol–water partition coefficient (Wildman–Crippen LogP) is 2.29. The molecule has 2 aromatic carbocycles. The monoisotopic (exact) mass is 311 g/mol. The zero-order valence-electron chi connectivity index (χ0n) is 11.7. The van der Waals surface area contributed by atoms with E-state index in [0.29, 0.717) is 0 Å². The summed E-state index contributed by atoms with van der Waals surface area (Å²) in [5.41, 5.74) is 3.30. The highest BCUT2D eigenvalue weighted by molar-refractivity contribution is 6.14. The summed E-state index contributed by atoms with van der Waals surface area (Å²) in [6.07, 6.45) is 1.49. The van der Waals surface area contributed by atoms with Gasteiger partial charge in [0.15, 0.2) is 0 Å². The van der Waals surface area contributed by atoms with Crippen LogP contribution in [0.5, 0.6) is 0 Å². The summed E-state index contributed by atoms with van der Waals surface area (Å²) < 4.78 is 1.07. The van der Waals surface area contributed by atoms with Gasteiger partial charge in [0.05, 0.1) is 4.92 Å². The minimum Gasteiger partial charge on any atom is -0.258 e. The molecule has 0 atom stereocenters. The van der Waals surface area contributed by atoms with Gasteiger partial charge in [0.1, 0.15) is 11.9 Å². The number of carbonyl (C=O) groups is 2. The van der Waals surface area contributed by atoms with Gasteiger partial charge >= 0.3 is 12.1 Å². The average molecular weight is 311 g/mol. The van der Waals surface area contributed by atoms with Crippen LogP contribution in [0.3, 0.4) is 0 Å². The van der Waals surface area contributed by atoms with Crippen LogP contribution >= 0.6 is 0 Å². The van der Waals surface area contributed by atoms with Crippen molar-refractivity contribution in [1.82, 2.24) is 5.43 Å².